The second kappa shape index (κ2) is 3.57. The second-order valence-corrected chi connectivity index (χ2v) is 5.48. The lowest BCUT2D eigenvalue weighted by Crippen LogP contribution is -2.38. The van der Waals surface area contributed by atoms with Crippen molar-refractivity contribution in [1.29, 1.82) is 0 Å². The Balaban J connectivity index is 1.86. The van der Waals surface area contributed by atoms with Crippen LogP contribution in [0.2, 0.25) is 5.28 Å². The van der Waals surface area contributed by atoms with Crippen LogP contribution >= 0.6 is 11.6 Å². The average molecular weight is 275 g/mol. The van der Waals surface area contributed by atoms with Gasteiger partial charge in [-0.05, 0) is 36.6 Å². The quantitative estimate of drug-likeness (QED) is 0.780. The number of nitrogens with zero attached hydrogens (tertiary/aromatic N) is 2. The van der Waals surface area contributed by atoms with Crippen LogP contribution in [-0.4, -0.2) is 27.4 Å². The lowest BCUT2D eigenvalue weighted by molar-refractivity contribution is 0.0937. The summed E-state index contributed by atoms with van der Waals surface area (Å²) in [5.74, 6) is -0.0184. The van der Waals surface area contributed by atoms with Crippen LogP contribution < -0.4 is 5.32 Å². The highest BCUT2D eigenvalue weighted by Crippen LogP contribution is 2.50. The van der Waals surface area contributed by atoms with Gasteiger partial charge in [-0.25, -0.2) is 9.97 Å². The first-order chi connectivity index (χ1) is 9.18. The summed E-state index contributed by atoms with van der Waals surface area (Å²) in [6.07, 6.45) is 3.84. The number of H-pyrrole nitrogens is 1. The van der Waals surface area contributed by atoms with Crippen molar-refractivity contribution in [2.75, 3.05) is 6.54 Å². The molecule has 96 valence electrons. The van der Waals surface area contributed by atoms with E-state index in [9.17, 15) is 4.79 Å². The molecule has 2 aliphatic rings. The first-order valence-electron chi connectivity index (χ1n) is 6.19. The van der Waals surface area contributed by atoms with Crippen LogP contribution in [0.5, 0.6) is 0 Å². The van der Waals surface area contributed by atoms with Gasteiger partial charge in [-0.15, -0.1) is 0 Å². The van der Waals surface area contributed by atoms with Gasteiger partial charge in [0, 0.05) is 23.9 Å². The highest BCUT2D eigenvalue weighted by molar-refractivity contribution is 6.28. The number of amides is 1. The summed E-state index contributed by atoms with van der Waals surface area (Å²) >= 11 is 5.80. The molecule has 0 bridgehead atoms. The van der Waals surface area contributed by atoms with E-state index in [0.29, 0.717) is 5.69 Å². The zero-order valence-electron chi connectivity index (χ0n) is 10.0. The van der Waals surface area contributed by atoms with E-state index in [-0.39, 0.29) is 16.6 Å². The molecule has 1 aliphatic heterocycles. The number of carbonyl (C=O) groups excluding carboxylic acids is 1. The normalized spacial score (nSPS) is 19.1. The Labute approximate surface area is 114 Å². The van der Waals surface area contributed by atoms with Crippen LogP contribution in [-0.2, 0) is 5.41 Å². The predicted molar refractivity (Wildman–Crippen MR) is 70.1 cm³/mol. The Bertz CT molecular complexity index is 690. The van der Waals surface area contributed by atoms with Gasteiger partial charge in [-0.2, -0.15) is 0 Å². The van der Waals surface area contributed by atoms with Gasteiger partial charge in [-0.3, -0.25) is 4.79 Å². The highest BCUT2D eigenvalue weighted by Gasteiger charge is 2.50. The number of hydrogen-bond acceptors (Lipinski definition) is 3. The fourth-order valence-corrected chi connectivity index (χ4v) is 2.83. The molecule has 5 nitrogen and oxygen atoms in total. The fraction of sp³-hybridized carbons (Fsp3) is 0.308. The predicted octanol–water partition coefficient (Wildman–Crippen LogP) is 1.90. The van der Waals surface area contributed by atoms with Gasteiger partial charge in [0.25, 0.3) is 5.91 Å². The lowest BCUT2D eigenvalue weighted by atomic mass is 9.95. The zero-order valence-corrected chi connectivity index (χ0v) is 10.8. The molecule has 1 amide bonds. The van der Waals surface area contributed by atoms with Crippen molar-refractivity contribution in [3.63, 3.8) is 0 Å². The van der Waals surface area contributed by atoms with E-state index in [1.165, 1.54) is 0 Å². The van der Waals surface area contributed by atoms with Crippen molar-refractivity contribution in [2.24, 2.45) is 0 Å². The molecule has 0 saturated heterocycles. The number of fused-ring (bicyclic) bond motifs is 2. The molecule has 1 saturated carbocycles. The van der Waals surface area contributed by atoms with Gasteiger partial charge in [0.1, 0.15) is 0 Å². The van der Waals surface area contributed by atoms with E-state index in [0.717, 1.165) is 36.3 Å². The van der Waals surface area contributed by atoms with Crippen molar-refractivity contribution >= 4 is 17.5 Å². The molecule has 0 unspecified atom stereocenters. The van der Waals surface area contributed by atoms with Crippen LogP contribution in [0.1, 0.15) is 28.9 Å². The Hall–Kier alpha value is -1.88. The van der Waals surface area contributed by atoms with Crippen molar-refractivity contribution in [3.8, 4) is 11.4 Å². The summed E-state index contributed by atoms with van der Waals surface area (Å²) in [5, 5.41) is 3.15. The van der Waals surface area contributed by atoms with Gasteiger partial charge in [-0.1, -0.05) is 0 Å². The van der Waals surface area contributed by atoms with Crippen LogP contribution in [0.25, 0.3) is 11.4 Å². The maximum atomic E-state index is 11.9. The third kappa shape index (κ3) is 1.58. The van der Waals surface area contributed by atoms with E-state index in [1.807, 2.05) is 6.07 Å². The first-order valence-corrected chi connectivity index (χ1v) is 6.56. The van der Waals surface area contributed by atoms with Crippen molar-refractivity contribution < 1.29 is 4.79 Å². The zero-order chi connectivity index (χ0) is 13.0. The molecule has 1 spiro atoms. The van der Waals surface area contributed by atoms with Crippen molar-refractivity contribution in [3.05, 3.63) is 34.9 Å². The lowest BCUT2D eigenvalue weighted by Gasteiger charge is -2.21. The minimum Gasteiger partial charge on any atom is -0.356 e. The minimum absolute atomic E-state index is 0.0184. The van der Waals surface area contributed by atoms with E-state index >= 15 is 0 Å². The summed E-state index contributed by atoms with van der Waals surface area (Å²) < 4.78 is 0. The Kier molecular flexibility index (Phi) is 2.07. The molecule has 19 heavy (non-hydrogen) atoms. The van der Waals surface area contributed by atoms with Crippen LogP contribution in [0.4, 0.5) is 0 Å². The SMILES string of the molecule is O=C1NCC2(CC2)c2[nH]c(-c3ccnc(Cl)n3)cc21. The highest BCUT2D eigenvalue weighted by atomic mass is 35.5. The molecule has 1 fully saturated rings. The topological polar surface area (TPSA) is 70.7 Å². The van der Waals surface area contributed by atoms with Gasteiger partial charge < -0.3 is 10.3 Å². The van der Waals surface area contributed by atoms with Crippen molar-refractivity contribution in [1.82, 2.24) is 20.3 Å². The molecule has 0 aromatic carbocycles. The van der Waals surface area contributed by atoms with Gasteiger partial charge in [0.05, 0.1) is 17.0 Å². The van der Waals surface area contributed by atoms with Gasteiger partial charge in [0.15, 0.2) is 0 Å². The standard InChI is InChI=1S/C13H11ClN4O/c14-12-15-4-1-8(18-12)9-5-7-10(17-9)13(2-3-13)6-16-11(7)19/h1,4-5,17H,2-3,6H2,(H,16,19). The molecule has 6 heteroatoms. The summed E-state index contributed by atoms with van der Waals surface area (Å²) in [5.41, 5.74) is 3.42. The summed E-state index contributed by atoms with van der Waals surface area (Å²) in [6, 6.07) is 3.63. The summed E-state index contributed by atoms with van der Waals surface area (Å²) in [4.78, 5) is 23.3. The molecule has 2 N–H and O–H groups in total. The average Bonchev–Trinajstić information content (AvgIpc) is 3.02. The number of halogens is 1. The molecule has 2 aromatic heterocycles. The van der Waals surface area contributed by atoms with Crippen LogP contribution in [0.15, 0.2) is 18.3 Å². The second-order valence-electron chi connectivity index (χ2n) is 5.15. The molecule has 4 rings (SSSR count). The molecule has 3 heterocycles. The van der Waals surface area contributed by atoms with Crippen molar-refractivity contribution in [2.45, 2.75) is 18.3 Å². The summed E-state index contributed by atoms with van der Waals surface area (Å²) in [6.45, 7) is 0.726. The molecule has 0 atom stereocenters. The Morgan fingerprint density at radius 1 is 1.37 bits per heavy atom. The maximum Gasteiger partial charge on any atom is 0.253 e. The van der Waals surface area contributed by atoms with E-state index in [1.54, 1.807) is 12.3 Å². The molecular formula is C13H11ClN4O. The largest absolute Gasteiger partial charge is 0.356 e. The number of aromatic amines is 1. The van der Waals surface area contributed by atoms with E-state index in [2.05, 4.69) is 20.3 Å². The Morgan fingerprint density at radius 2 is 2.21 bits per heavy atom. The number of aromatic nitrogens is 3. The number of carbonyl (C=O) groups is 1. The molecule has 2 aromatic rings. The minimum atomic E-state index is -0.0184. The summed E-state index contributed by atoms with van der Waals surface area (Å²) in [7, 11) is 0. The van der Waals surface area contributed by atoms with E-state index in [4.69, 9.17) is 11.6 Å². The third-order valence-electron chi connectivity index (χ3n) is 3.94. The molecule has 1 aliphatic carbocycles. The molecular weight excluding hydrogens is 264 g/mol. The van der Waals surface area contributed by atoms with Crippen LogP contribution in [0.3, 0.4) is 0 Å². The van der Waals surface area contributed by atoms with Gasteiger partial charge >= 0.3 is 0 Å². The fourth-order valence-electron chi connectivity index (χ4n) is 2.69. The number of nitrogens with one attached hydrogen (secondary N) is 2. The smallest absolute Gasteiger partial charge is 0.253 e. The van der Waals surface area contributed by atoms with E-state index < -0.39 is 0 Å². The third-order valence-corrected chi connectivity index (χ3v) is 4.12. The number of hydrogen-bond donors (Lipinski definition) is 2. The molecule has 0 radical (unpaired) electrons. The van der Waals surface area contributed by atoms with Crippen LogP contribution in [0, 0.1) is 0 Å². The number of rotatable bonds is 1. The maximum absolute atomic E-state index is 11.9. The monoisotopic (exact) mass is 274 g/mol. The Morgan fingerprint density at radius 3 is 2.95 bits per heavy atom. The van der Waals surface area contributed by atoms with Gasteiger partial charge in [0.2, 0.25) is 5.28 Å². The first kappa shape index (κ1) is 11.0.